The molecule has 10 heavy (non-hydrogen) atoms. The maximum absolute atomic E-state index is 9.01. The molecule has 1 rings (SSSR count). The van der Waals surface area contributed by atoms with E-state index in [0.29, 0.717) is 6.61 Å². The number of methoxy groups -OCH3 is 1. The smallest absolute Gasteiger partial charge is 0.0488 e. The zero-order valence-corrected chi connectivity index (χ0v) is 6.60. The number of rotatable bonds is 4. The summed E-state index contributed by atoms with van der Waals surface area (Å²) in [6, 6.07) is 0. The van der Waals surface area contributed by atoms with Gasteiger partial charge in [-0.05, 0) is 24.7 Å². The van der Waals surface area contributed by atoms with Crippen LogP contribution in [0, 0.1) is 5.41 Å². The van der Waals surface area contributed by atoms with Gasteiger partial charge >= 0.3 is 0 Å². The molecule has 0 amide bonds. The van der Waals surface area contributed by atoms with Crippen molar-refractivity contribution in [3.05, 3.63) is 0 Å². The molecular formula is C8H16O2. The second-order valence-corrected chi connectivity index (χ2v) is 3.25. The predicted molar refractivity (Wildman–Crippen MR) is 39.9 cm³/mol. The molecule has 0 aliphatic heterocycles. The summed E-state index contributed by atoms with van der Waals surface area (Å²) in [5.74, 6) is 0. The molecule has 2 heteroatoms. The van der Waals surface area contributed by atoms with E-state index in [-0.39, 0.29) is 5.41 Å². The van der Waals surface area contributed by atoms with E-state index in [2.05, 4.69) is 0 Å². The standard InChI is InChI=1S/C8H16O2/c1-10-6-5-8(7-9)3-2-4-8/h9H,2-7H2,1H3. The Kier molecular flexibility index (Phi) is 2.69. The van der Waals surface area contributed by atoms with Gasteiger partial charge in [-0.2, -0.15) is 0 Å². The van der Waals surface area contributed by atoms with E-state index in [1.807, 2.05) is 0 Å². The average Bonchev–Trinajstić information content (AvgIpc) is 1.87. The van der Waals surface area contributed by atoms with Crippen molar-refractivity contribution in [2.24, 2.45) is 5.41 Å². The van der Waals surface area contributed by atoms with Crippen molar-refractivity contribution in [2.45, 2.75) is 25.7 Å². The van der Waals surface area contributed by atoms with Gasteiger partial charge in [0.2, 0.25) is 0 Å². The summed E-state index contributed by atoms with van der Waals surface area (Å²) in [6.07, 6.45) is 4.68. The Morgan fingerprint density at radius 3 is 2.50 bits per heavy atom. The molecule has 2 nitrogen and oxygen atoms in total. The van der Waals surface area contributed by atoms with Crippen LogP contribution in [0.3, 0.4) is 0 Å². The Bertz CT molecular complexity index is 91.9. The third-order valence-corrected chi connectivity index (χ3v) is 2.59. The van der Waals surface area contributed by atoms with Crippen LogP contribution in [0.2, 0.25) is 0 Å². The first kappa shape index (κ1) is 8.02. The predicted octanol–water partition coefficient (Wildman–Crippen LogP) is 1.19. The van der Waals surface area contributed by atoms with Gasteiger partial charge < -0.3 is 9.84 Å². The highest BCUT2D eigenvalue weighted by molar-refractivity contribution is 4.86. The fraction of sp³-hybridized carbons (Fsp3) is 1.00. The Morgan fingerprint density at radius 2 is 2.20 bits per heavy atom. The van der Waals surface area contributed by atoms with Gasteiger partial charge in [0.25, 0.3) is 0 Å². The maximum Gasteiger partial charge on any atom is 0.0488 e. The van der Waals surface area contributed by atoms with Gasteiger partial charge in [-0.25, -0.2) is 0 Å². The lowest BCUT2D eigenvalue weighted by Gasteiger charge is -2.40. The van der Waals surface area contributed by atoms with Crippen molar-refractivity contribution in [3.63, 3.8) is 0 Å². The van der Waals surface area contributed by atoms with Crippen LogP contribution in [0.5, 0.6) is 0 Å². The Labute approximate surface area is 62.2 Å². The fourth-order valence-corrected chi connectivity index (χ4v) is 1.48. The zero-order valence-electron chi connectivity index (χ0n) is 6.60. The molecule has 0 unspecified atom stereocenters. The van der Waals surface area contributed by atoms with E-state index in [1.165, 1.54) is 19.3 Å². The van der Waals surface area contributed by atoms with Crippen molar-refractivity contribution in [2.75, 3.05) is 20.3 Å². The number of ether oxygens (including phenoxy) is 1. The number of hydrogen-bond acceptors (Lipinski definition) is 2. The van der Waals surface area contributed by atoms with Gasteiger partial charge in [0.15, 0.2) is 0 Å². The summed E-state index contributed by atoms with van der Waals surface area (Å²) in [7, 11) is 1.71. The van der Waals surface area contributed by atoms with Gasteiger partial charge in [-0.1, -0.05) is 6.42 Å². The summed E-state index contributed by atoms with van der Waals surface area (Å²) >= 11 is 0. The molecule has 0 atom stereocenters. The first-order valence-corrected chi connectivity index (χ1v) is 3.93. The van der Waals surface area contributed by atoms with Gasteiger partial charge in [0.05, 0.1) is 0 Å². The fourth-order valence-electron chi connectivity index (χ4n) is 1.48. The Hall–Kier alpha value is -0.0800. The van der Waals surface area contributed by atoms with Gasteiger partial charge in [0, 0.05) is 20.3 Å². The van der Waals surface area contributed by atoms with E-state index in [9.17, 15) is 0 Å². The molecule has 1 N–H and O–H groups in total. The van der Waals surface area contributed by atoms with Crippen LogP contribution in [-0.4, -0.2) is 25.4 Å². The van der Waals surface area contributed by atoms with E-state index in [0.717, 1.165) is 13.0 Å². The summed E-state index contributed by atoms with van der Waals surface area (Å²) in [5.41, 5.74) is 0.246. The Morgan fingerprint density at radius 1 is 1.50 bits per heavy atom. The summed E-state index contributed by atoms with van der Waals surface area (Å²) < 4.78 is 4.96. The molecular weight excluding hydrogens is 128 g/mol. The highest BCUT2D eigenvalue weighted by atomic mass is 16.5. The van der Waals surface area contributed by atoms with E-state index < -0.39 is 0 Å². The highest BCUT2D eigenvalue weighted by Gasteiger charge is 2.35. The van der Waals surface area contributed by atoms with Gasteiger partial charge in [0.1, 0.15) is 0 Å². The molecule has 0 saturated heterocycles. The lowest BCUT2D eigenvalue weighted by Crippen LogP contribution is -2.34. The van der Waals surface area contributed by atoms with Crippen LogP contribution in [0.4, 0.5) is 0 Å². The van der Waals surface area contributed by atoms with Crippen LogP contribution in [0.15, 0.2) is 0 Å². The van der Waals surface area contributed by atoms with Crippen LogP contribution < -0.4 is 0 Å². The highest BCUT2D eigenvalue weighted by Crippen LogP contribution is 2.43. The van der Waals surface area contributed by atoms with Crippen molar-refractivity contribution in [3.8, 4) is 0 Å². The largest absolute Gasteiger partial charge is 0.396 e. The second kappa shape index (κ2) is 3.35. The van der Waals surface area contributed by atoms with Crippen molar-refractivity contribution in [1.29, 1.82) is 0 Å². The molecule has 0 heterocycles. The minimum Gasteiger partial charge on any atom is -0.396 e. The molecule has 0 radical (unpaired) electrons. The third-order valence-electron chi connectivity index (χ3n) is 2.59. The number of hydrogen-bond donors (Lipinski definition) is 1. The molecule has 0 aromatic rings. The molecule has 1 aliphatic rings. The average molecular weight is 144 g/mol. The topological polar surface area (TPSA) is 29.5 Å². The summed E-state index contributed by atoms with van der Waals surface area (Å²) in [4.78, 5) is 0. The van der Waals surface area contributed by atoms with Gasteiger partial charge in [-0.15, -0.1) is 0 Å². The lowest BCUT2D eigenvalue weighted by molar-refractivity contribution is 0.0127. The minimum absolute atomic E-state index is 0.246. The Balaban J connectivity index is 2.20. The quantitative estimate of drug-likeness (QED) is 0.642. The molecule has 0 spiro atoms. The molecule has 1 fully saturated rings. The van der Waals surface area contributed by atoms with Crippen LogP contribution in [0.25, 0.3) is 0 Å². The lowest BCUT2D eigenvalue weighted by atomic mass is 9.67. The van der Waals surface area contributed by atoms with Crippen molar-refractivity contribution in [1.82, 2.24) is 0 Å². The first-order valence-electron chi connectivity index (χ1n) is 3.93. The first-order chi connectivity index (χ1) is 4.83. The normalized spacial score (nSPS) is 22.2. The second-order valence-electron chi connectivity index (χ2n) is 3.25. The molecule has 1 aliphatic carbocycles. The maximum atomic E-state index is 9.01. The molecule has 60 valence electrons. The molecule has 0 bridgehead atoms. The molecule has 0 aromatic heterocycles. The number of aliphatic hydroxyl groups excluding tert-OH is 1. The van der Waals surface area contributed by atoms with Crippen LogP contribution >= 0.6 is 0 Å². The van der Waals surface area contributed by atoms with E-state index in [4.69, 9.17) is 9.84 Å². The molecule has 0 aromatic carbocycles. The monoisotopic (exact) mass is 144 g/mol. The van der Waals surface area contributed by atoms with Crippen molar-refractivity contribution >= 4 is 0 Å². The minimum atomic E-state index is 0.246. The number of aliphatic hydroxyl groups is 1. The van der Waals surface area contributed by atoms with E-state index in [1.54, 1.807) is 7.11 Å². The molecule has 1 saturated carbocycles. The van der Waals surface area contributed by atoms with Gasteiger partial charge in [-0.3, -0.25) is 0 Å². The van der Waals surface area contributed by atoms with Crippen LogP contribution in [0.1, 0.15) is 25.7 Å². The zero-order chi connectivity index (χ0) is 7.45. The third kappa shape index (κ3) is 1.50. The van der Waals surface area contributed by atoms with E-state index >= 15 is 0 Å². The summed E-state index contributed by atoms with van der Waals surface area (Å²) in [5, 5.41) is 9.01. The SMILES string of the molecule is COCCC1(CO)CCC1. The van der Waals surface area contributed by atoms with Crippen molar-refractivity contribution < 1.29 is 9.84 Å². The van der Waals surface area contributed by atoms with Crippen LogP contribution in [-0.2, 0) is 4.74 Å². The summed E-state index contributed by atoms with van der Waals surface area (Å²) in [6.45, 7) is 1.14.